The number of rotatable bonds is 7. The Morgan fingerprint density at radius 2 is 2.24 bits per heavy atom. The molecule has 2 unspecified atom stereocenters. The normalized spacial score (nSPS) is 25.3. The lowest BCUT2D eigenvalue weighted by atomic mass is 10.2. The second kappa shape index (κ2) is 6.68. The van der Waals surface area contributed by atoms with Crippen LogP contribution < -0.4 is 5.32 Å². The van der Waals surface area contributed by atoms with Crippen LogP contribution in [0.25, 0.3) is 0 Å². The second-order valence-electron chi connectivity index (χ2n) is 4.77. The van der Waals surface area contributed by atoms with Gasteiger partial charge in [0.2, 0.25) is 0 Å². The number of likely N-dealkylation sites (N-methyl/N-ethyl adjacent to an activating group) is 1. The third kappa shape index (κ3) is 4.91. The summed E-state index contributed by atoms with van der Waals surface area (Å²) in [6, 6.07) is 0.518. The van der Waals surface area contributed by atoms with Crippen molar-refractivity contribution in [3.8, 4) is 0 Å². The number of hydrogen-bond acceptors (Lipinski definition) is 5. The molecule has 0 bridgehead atoms. The Kier molecular flexibility index (Phi) is 5.85. The van der Waals surface area contributed by atoms with E-state index in [4.69, 9.17) is 4.74 Å². The lowest BCUT2D eigenvalue weighted by Gasteiger charge is -2.30. The van der Waals surface area contributed by atoms with Crippen LogP contribution in [0.15, 0.2) is 0 Å². The van der Waals surface area contributed by atoms with E-state index in [1.807, 2.05) is 7.05 Å². The topological polar surface area (TPSA) is 58.6 Å². The molecule has 1 N–H and O–H groups in total. The van der Waals surface area contributed by atoms with Crippen LogP contribution in [0.4, 0.5) is 0 Å². The smallest absolute Gasteiger partial charge is 0.151 e. The minimum absolute atomic E-state index is 0.180. The van der Waals surface area contributed by atoms with E-state index in [0.717, 1.165) is 19.5 Å². The van der Waals surface area contributed by atoms with Crippen molar-refractivity contribution in [2.45, 2.75) is 25.4 Å². The van der Waals surface area contributed by atoms with Crippen molar-refractivity contribution in [2.24, 2.45) is 0 Å². The van der Waals surface area contributed by atoms with Crippen molar-refractivity contribution < 1.29 is 13.2 Å². The van der Waals surface area contributed by atoms with E-state index in [1.54, 1.807) is 7.11 Å². The van der Waals surface area contributed by atoms with Crippen LogP contribution in [-0.2, 0) is 14.6 Å². The van der Waals surface area contributed by atoms with Gasteiger partial charge in [-0.2, -0.15) is 0 Å². The highest BCUT2D eigenvalue weighted by molar-refractivity contribution is 7.91. The molecule has 0 spiro atoms. The fourth-order valence-electron chi connectivity index (χ4n) is 2.09. The summed E-state index contributed by atoms with van der Waals surface area (Å²) < 4.78 is 27.8. The highest BCUT2D eigenvalue weighted by Gasteiger charge is 2.32. The molecule has 1 fully saturated rings. The van der Waals surface area contributed by atoms with Gasteiger partial charge in [0.15, 0.2) is 9.84 Å². The van der Waals surface area contributed by atoms with E-state index in [1.165, 1.54) is 0 Å². The first-order valence-electron chi connectivity index (χ1n) is 6.08. The summed E-state index contributed by atoms with van der Waals surface area (Å²) in [5.74, 6) is 0.651. The summed E-state index contributed by atoms with van der Waals surface area (Å²) in [5, 5.41) is 3.30. The predicted molar refractivity (Wildman–Crippen MR) is 69.0 cm³/mol. The highest BCUT2D eigenvalue weighted by atomic mass is 32.2. The van der Waals surface area contributed by atoms with Crippen LogP contribution in [0.1, 0.15) is 13.3 Å². The summed E-state index contributed by atoms with van der Waals surface area (Å²) in [6.07, 6.45) is 0.765. The molecule has 0 aliphatic carbocycles. The molecule has 0 saturated carbocycles. The lowest BCUT2D eigenvalue weighted by Crippen LogP contribution is -2.44. The summed E-state index contributed by atoms with van der Waals surface area (Å²) in [7, 11) is 0.904. The van der Waals surface area contributed by atoms with Gasteiger partial charge < -0.3 is 10.1 Å². The van der Waals surface area contributed by atoms with E-state index < -0.39 is 9.84 Å². The van der Waals surface area contributed by atoms with E-state index in [9.17, 15) is 8.42 Å². The number of ether oxygens (including phenoxy) is 1. The lowest BCUT2D eigenvalue weighted by molar-refractivity contribution is 0.178. The van der Waals surface area contributed by atoms with Crippen LogP contribution in [0.5, 0.6) is 0 Å². The van der Waals surface area contributed by atoms with Gasteiger partial charge in [-0.05, 0) is 20.4 Å². The molecule has 1 saturated heterocycles. The summed E-state index contributed by atoms with van der Waals surface area (Å²) >= 11 is 0. The maximum absolute atomic E-state index is 11.4. The molecule has 0 amide bonds. The molecule has 0 radical (unpaired) electrons. The Morgan fingerprint density at radius 3 is 2.76 bits per heavy atom. The van der Waals surface area contributed by atoms with Gasteiger partial charge in [0.1, 0.15) is 0 Å². The molecule has 2 atom stereocenters. The fourth-order valence-corrected chi connectivity index (χ4v) is 3.87. The van der Waals surface area contributed by atoms with Crippen LogP contribution in [0.2, 0.25) is 0 Å². The van der Waals surface area contributed by atoms with Gasteiger partial charge in [0, 0.05) is 32.3 Å². The van der Waals surface area contributed by atoms with Gasteiger partial charge in [0.25, 0.3) is 0 Å². The maximum Gasteiger partial charge on any atom is 0.151 e. The highest BCUT2D eigenvalue weighted by Crippen LogP contribution is 2.17. The van der Waals surface area contributed by atoms with E-state index in [0.29, 0.717) is 24.2 Å². The van der Waals surface area contributed by atoms with E-state index >= 15 is 0 Å². The Bertz CT molecular complexity index is 319. The van der Waals surface area contributed by atoms with E-state index in [-0.39, 0.29) is 6.04 Å². The fraction of sp³-hybridized carbons (Fsp3) is 1.00. The Balaban J connectivity index is 2.29. The van der Waals surface area contributed by atoms with Crippen molar-refractivity contribution in [3.63, 3.8) is 0 Å². The zero-order valence-corrected chi connectivity index (χ0v) is 11.8. The minimum Gasteiger partial charge on any atom is -0.383 e. The minimum atomic E-state index is -2.79. The number of sulfone groups is 1. The predicted octanol–water partition coefficient (Wildman–Crippen LogP) is -0.270. The third-order valence-electron chi connectivity index (χ3n) is 3.40. The van der Waals surface area contributed by atoms with Gasteiger partial charge in [-0.1, -0.05) is 0 Å². The monoisotopic (exact) mass is 264 g/mol. The third-order valence-corrected chi connectivity index (χ3v) is 5.15. The van der Waals surface area contributed by atoms with Crippen LogP contribution >= 0.6 is 0 Å². The maximum atomic E-state index is 11.4. The van der Waals surface area contributed by atoms with Crippen molar-refractivity contribution in [1.29, 1.82) is 0 Å². The first-order chi connectivity index (χ1) is 7.96. The number of nitrogens with one attached hydrogen (secondary N) is 1. The molecule has 0 aromatic rings. The molecule has 1 rings (SSSR count). The molecule has 17 heavy (non-hydrogen) atoms. The zero-order valence-electron chi connectivity index (χ0n) is 11.0. The molecule has 1 heterocycles. The van der Waals surface area contributed by atoms with Gasteiger partial charge in [0.05, 0.1) is 18.1 Å². The van der Waals surface area contributed by atoms with Gasteiger partial charge in [-0.25, -0.2) is 8.42 Å². The molecular weight excluding hydrogens is 240 g/mol. The Hall–Kier alpha value is -0.170. The molecule has 0 aromatic heterocycles. The number of hydrogen-bond donors (Lipinski definition) is 1. The van der Waals surface area contributed by atoms with Crippen molar-refractivity contribution in [2.75, 3.05) is 45.4 Å². The van der Waals surface area contributed by atoms with Crippen molar-refractivity contribution in [1.82, 2.24) is 10.2 Å². The molecule has 1 aliphatic heterocycles. The molecule has 1 aliphatic rings. The molecular formula is C11H24N2O3S. The Morgan fingerprint density at radius 1 is 1.53 bits per heavy atom. The van der Waals surface area contributed by atoms with Crippen molar-refractivity contribution in [3.05, 3.63) is 0 Å². The van der Waals surface area contributed by atoms with Gasteiger partial charge in [-0.15, -0.1) is 0 Å². The first kappa shape index (κ1) is 14.9. The standard InChI is InChI=1S/C11H24N2O3S/c1-10(8-12-5-6-16-3)13(2)11-4-7-17(14,15)9-11/h10-12H,4-9H2,1-3H3. The van der Waals surface area contributed by atoms with E-state index in [2.05, 4.69) is 17.1 Å². The zero-order chi connectivity index (χ0) is 12.9. The summed E-state index contributed by atoms with van der Waals surface area (Å²) in [4.78, 5) is 2.17. The molecule has 5 nitrogen and oxygen atoms in total. The number of methoxy groups -OCH3 is 1. The van der Waals surface area contributed by atoms with Gasteiger partial charge >= 0.3 is 0 Å². The average Bonchev–Trinajstić information content (AvgIpc) is 2.64. The Labute approximate surface area is 104 Å². The van der Waals surface area contributed by atoms with Crippen LogP contribution in [0.3, 0.4) is 0 Å². The SMILES string of the molecule is COCCNCC(C)N(C)C1CCS(=O)(=O)C1. The molecule has 0 aromatic carbocycles. The number of nitrogens with zero attached hydrogens (tertiary/aromatic N) is 1. The molecule has 102 valence electrons. The average molecular weight is 264 g/mol. The first-order valence-corrected chi connectivity index (χ1v) is 7.90. The van der Waals surface area contributed by atoms with Crippen LogP contribution in [-0.4, -0.2) is 70.8 Å². The van der Waals surface area contributed by atoms with Crippen LogP contribution in [0, 0.1) is 0 Å². The largest absolute Gasteiger partial charge is 0.383 e. The second-order valence-corrected chi connectivity index (χ2v) is 7.00. The summed E-state index contributed by atoms with van der Waals surface area (Å²) in [5.41, 5.74) is 0. The van der Waals surface area contributed by atoms with Gasteiger partial charge in [-0.3, -0.25) is 4.90 Å². The molecule has 6 heteroatoms. The van der Waals surface area contributed by atoms with Crippen molar-refractivity contribution >= 4 is 9.84 Å². The quantitative estimate of drug-likeness (QED) is 0.642. The summed E-state index contributed by atoms with van der Waals surface area (Å²) in [6.45, 7) is 4.51.